The van der Waals surface area contributed by atoms with E-state index in [9.17, 15) is 9.90 Å². The minimum Gasteiger partial charge on any atom is -0.444 e. The number of aliphatic hydroxyl groups excluding tert-OH is 1. The Morgan fingerprint density at radius 2 is 1.91 bits per heavy atom. The van der Waals surface area contributed by atoms with Crippen molar-refractivity contribution >= 4 is 6.09 Å². The molecule has 0 aromatic rings. The maximum absolute atomic E-state index is 12.3. The first-order chi connectivity index (χ1) is 10.7. The van der Waals surface area contributed by atoms with Crippen molar-refractivity contribution in [3.8, 4) is 0 Å². The molecule has 1 heterocycles. The van der Waals surface area contributed by atoms with Crippen LogP contribution in [0.1, 0.15) is 59.8 Å². The summed E-state index contributed by atoms with van der Waals surface area (Å²) in [5.74, 6) is 0.939. The lowest BCUT2D eigenvalue weighted by atomic mass is 9.60. The highest BCUT2D eigenvalue weighted by Crippen LogP contribution is 2.48. The quantitative estimate of drug-likeness (QED) is 0.818. The van der Waals surface area contributed by atoms with Crippen LogP contribution in [-0.4, -0.2) is 47.4 Å². The first-order valence-electron chi connectivity index (χ1n) is 9.03. The van der Waals surface area contributed by atoms with Crippen LogP contribution in [0.4, 0.5) is 4.79 Å². The molecule has 23 heavy (non-hydrogen) atoms. The number of ether oxygens (including phenoxy) is 1. The number of likely N-dealkylation sites (tertiary alicyclic amines) is 1. The number of nitrogens with two attached hydrogens (primary N) is 1. The van der Waals surface area contributed by atoms with E-state index in [2.05, 4.69) is 6.92 Å². The molecular weight excluding hydrogens is 292 g/mol. The van der Waals surface area contributed by atoms with Crippen molar-refractivity contribution in [1.29, 1.82) is 0 Å². The zero-order chi connectivity index (χ0) is 17.3. The monoisotopic (exact) mass is 326 g/mol. The zero-order valence-corrected chi connectivity index (χ0v) is 15.2. The standard InChI is InChI=1S/C18H34N2O3/c1-13-11-20(16(22)23-17(2,3)4)10-7-15(13)18(12-19)8-5-14(21)6-9-18/h13-15,21H,5-12,19H2,1-4H3. The van der Waals surface area contributed by atoms with Crippen molar-refractivity contribution in [3.05, 3.63) is 0 Å². The minimum atomic E-state index is -0.449. The second-order valence-corrected chi connectivity index (χ2v) is 8.60. The number of carbonyl (C=O) groups excluding carboxylic acids is 1. The van der Waals surface area contributed by atoms with E-state index in [0.29, 0.717) is 18.4 Å². The predicted molar refractivity (Wildman–Crippen MR) is 91.0 cm³/mol. The molecule has 1 aliphatic carbocycles. The minimum absolute atomic E-state index is 0.138. The van der Waals surface area contributed by atoms with E-state index in [4.69, 9.17) is 10.5 Å². The molecule has 134 valence electrons. The number of amides is 1. The summed E-state index contributed by atoms with van der Waals surface area (Å²) in [4.78, 5) is 14.1. The molecule has 1 aliphatic heterocycles. The Hall–Kier alpha value is -0.810. The van der Waals surface area contributed by atoms with Gasteiger partial charge in [0.15, 0.2) is 0 Å². The molecule has 2 fully saturated rings. The Morgan fingerprint density at radius 3 is 2.39 bits per heavy atom. The summed E-state index contributed by atoms with van der Waals surface area (Å²) in [7, 11) is 0. The van der Waals surface area contributed by atoms with Crippen LogP contribution < -0.4 is 5.73 Å². The fourth-order valence-electron chi connectivity index (χ4n) is 4.45. The van der Waals surface area contributed by atoms with Gasteiger partial charge >= 0.3 is 6.09 Å². The van der Waals surface area contributed by atoms with Crippen LogP contribution in [0.15, 0.2) is 0 Å². The normalized spacial score (nSPS) is 35.9. The molecule has 2 aliphatic rings. The zero-order valence-electron chi connectivity index (χ0n) is 15.2. The molecule has 0 aromatic carbocycles. The molecule has 1 amide bonds. The highest BCUT2D eigenvalue weighted by atomic mass is 16.6. The maximum atomic E-state index is 12.3. The van der Waals surface area contributed by atoms with Crippen LogP contribution in [0.5, 0.6) is 0 Å². The molecule has 5 heteroatoms. The third-order valence-corrected chi connectivity index (χ3v) is 5.70. The molecule has 5 nitrogen and oxygen atoms in total. The van der Waals surface area contributed by atoms with Gasteiger partial charge in [-0.3, -0.25) is 0 Å². The van der Waals surface area contributed by atoms with Gasteiger partial charge in [-0.05, 0) is 76.7 Å². The fourth-order valence-corrected chi connectivity index (χ4v) is 4.45. The van der Waals surface area contributed by atoms with Crippen LogP contribution in [-0.2, 0) is 4.74 Å². The number of rotatable bonds is 2. The molecule has 2 unspecified atom stereocenters. The van der Waals surface area contributed by atoms with Gasteiger partial charge in [-0.2, -0.15) is 0 Å². The summed E-state index contributed by atoms with van der Waals surface area (Å²) < 4.78 is 5.50. The molecule has 0 radical (unpaired) electrons. The Morgan fingerprint density at radius 1 is 1.30 bits per heavy atom. The molecule has 1 saturated carbocycles. The lowest BCUT2D eigenvalue weighted by Gasteiger charge is -2.50. The van der Waals surface area contributed by atoms with Crippen LogP contribution in [0.25, 0.3) is 0 Å². The average molecular weight is 326 g/mol. The van der Waals surface area contributed by atoms with Gasteiger partial charge in [0.2, 0.25) is 0 Å². The van der Waals surface area contributed by atoms with Crippen molar-refractivity contribution in [3.63, 3.8) is 0 Å². The van der Waals surface area contributed by atoms with Gasteiger partial charge < -0.3 is 20.5 Å². The molecule has 3 N–H and O–H groups in total. The van der Waals surface area contributed by atoms with Crippen molar-refractivity contribution in [2.75, 3.05) is 19.6 Å². The number of piperidine rings is 1. The molecule has 1 saturated heterocycles. The lowest BCUT2D eigenvalue weighted by molar-refractivity contribution is -0.0302. The van der Waals surface area contributed by atoms with Gasteiger partial charge in [0.05, 0.1) is 6.10 Å². The van der Waals surface area contributed by atoms with E-state index in [1.165, 1.54) is 0 Å². The summed E-state index contributed by atoms with van der Waals surface area (Å²) in [5, 5.41) is 9.81. The van der Waals surface area contributed by atoms with Gasteiger partial charge in [0, 0.05) is 13.1 Å². The van der Waals surface area contributed by atoms with Gasteiger partial charge in [-0.25, -0.2) is 4.79 Å². The first kappa shape index (κ1) is 18.5. The van der Waals surface area contributed by atoms with Gasteiger partial charge in [0.1, 0.15) is 5.60 Å². The summed E-state index contributed by atoms with van der Waals surface area (Å²) in [6.45, 7) is 10.1. The predicted octanol–water partition coefficient (Wildman–Crippen LogP) is 2.76. The number of nitrogens with zero attached hydrogens (tertiary/aromatic N) is 1. The highest BCUT2D eigenvalue weighted by Gasteiger charge is 2.45. The van der Waals surface area contributed by atoms with Gasteiger partial charge in [0.25, 0.3) is 0 Å². The number of hydrogen-bond donors (Lipinski definition) is 2. The topological polar surface area (TPSA) is 75.8 Å². The number of carbonyl (C=O) groups is 1. The first-order valence-corrected chi connectivity index (χ1v) is 9.03. The van der Waals surface area contributed by atoms with Gasteiger partial charge in [-0.15, -0.1) is 0 Å². The summed E-state index contributed by atoms with van der Waals surface area (Å²) >= 11 is 0. The van der Waals surface area contributed by atoms with Crippen LogP contribution in [0.2, 0.25) is 0 Å². The number of aliphatic hydroxyl groups is 1. The molecule has 0 bridgehead atoms. The average Bonchev–Trinajstić information content (AvgIpc) is 2.47. The van der Waals surface area contributed by atoms with Gasteiger partial charge in [-0.1, -0.05) is 6.92 Å². The molecule has 0 spiro atoms. The van der Waals surface area contributed by atoms with Crippen LogP contribution >= 0.6 is 0 Å². The second-order valence-electron chi connectivity index (χ2n) is 8.60. The summed E-state index contributed by atoms with van der Waals surface area (Å²) in [6, 6.07) is 0. The van der Waals surface area contributed by atoms with Crippen molar-refractivity contribution in [2.24, 2.45) is 23.0 Å². The number of hydrogen-bond acceptors (Lipinski definition) is 4. The van der Waals surface area contributed by atoms with E-state index in [0.717, 1.165) is 45.2 Å². The SMILES string of the molecule is CC1CN(C(=O)OC(C)(C)C)CCC1C1(CN)CCC(O)CC1. The van der Waals surface area contributed by atoms with Crippen molar-refractivity contribution in [1.82, 2.24) is 4.90 Å². The van der Waals surface area contributed by atoms with Crippen molar-refractivity contribution in [2.45, 2.75) is 71.5 Å². The van der Waals surface area contributed by atoms with Crippen LogP contribution in [0.3, 0.4) is 0 Å². The van der Waals surface area contributed by atoms with Crippen molar-refractivity contribution < 1.29 is 14.6 Å². The smallest absolute Gasteiger partial charge is 0.410 e. The Kier molecular flexibility index (Phi) is 5.62. The summed E-state index contributed by atoms with van der Waals surface area (Å²) in [6.07, 6.45) is 4.34. The Labute approximate surface area is 140 Å². The third kappa shape index (κ3) is 4.38. The molecule has 2 atom stereocenters. The van der Waals surface area contributed by atoms with Crippen LogP contribution in [0, 0.1) is 17.3 Å². The Balaban J connectivity index is 1.99. The second kappa shape index (κ2) is 6.98. The summed E-state index contributed by atoms with van der Waals surface area (Å²) in [5.41, 5.74) is 5.86. The van der Waals surface area contributed by atoms with E-state index >= 15 is 0 Å². The van der Waals surface area contributed by atoms with E-state index in [-0.39, 0.29) is 17.6 Å². The maximum Gasteiger partial charge on any atom is 0.410 e. The van der Waals surface area contributed by atoms with E-state index in [1.54, 1.807) is 0 Å². The largest absolute Gasteiger partial charge is 0.444 e. The molecular formula is C18H34N2O3. The van der Waals surface area contributed by atoms with E-state index in [1.807, 2.05) is 25.7 Å². The Bertz CT molecular complexity index is 411. The third-order valence-electron chi connectivity index (χ3n) is 5.70. The molecule has 2 rings (SSSR count). The molecule has 0 aromatic heterocycles. The van der Waals surface area contributed by atoms with E-state index < -0.39 is 5.60 Å². The fraction of sp³-hybridized carbons (Fsp3) is 0.944. The highest BCUT2D eigenvalue weighted by molar-refractivity contribution is 5.68. The lowest BCUT2D eigenvalue weighted by Crippen LogP contribution is -2.52.